The SMILES string of the molecule is O=C(Cc1cccc2[nH]c(-c3cccc(OCC(O)CO)c3)nc12)Nc1nccs1. The van der Waals surface area contributed by atoms with Crippen LogP contribution in [0.4, 0.5) is 5.13 Å². The summed E-state index contributed by atoms with van der Waals surface area (Å²) in [5.74, 6) is 1.05. The second kappa shape index (κ2) is 9.04. The van der Waals surface area contributed by atoms with Gasteiger partial charge in [-0.25, -0.2) is 9.97 Å². The molecule has 4 aromatic rings. The third-order valence-electron chi connectivity index (χ3n) is 4.39. The molecule has 0 spiro atoms. The lowest BCUT2D eigenvalue weighted by molar-refractivity contribution is -0.115. The predicted octanol–water partition coefficient (Wildman–Crippen LogP) is 2.60. The van der Waals surface area contributed by atoms with Gasteiger partial charge in [-0.15, -0.1) is 11.3 Å². The molecule has 2 heterocycles. The Morgan fingerprint density at radius 2 is 2.13 bits per heavy atom. The molecule has 30 heavy (non-hydrogen) atoms. The van der Waals surface area contributed by atoms with Crippen LogP contribution in [0.15, 0.2) is 54.0 Å². The smallest absolute Gasteiger partial charge is 0.230 e. The zero-order valence-electron chi connectivity index (χ0n) is 15.9. The van der Waals surface area contributed by atoms with Gasteiger partial charge < -0.3 is 25.3 Å². The normalized spacial score (nSPS) is 12.1. The fraction of sp³-hybridized carbons (Fsp3) is 0.190. The Labute approximate surface area is 176 Å². The van der Waals surface area contributed by atoms with Crippen molar-refractivity contribution in [2.45, 2.75) is 12.5 Å². The van der Waals surface area contributed by atoms with E-state index in [1.54, 1.807) is 23.7 Å². The van der Waals surface area contributed by atoms with E-state index < -0.39 is 6.10 Å². The fourth-order valence-electron chi connectivity index (χ4n) is 2.97. The lowest BCUT2D eigenvalue weighted by Crippen LogP contribution is -2.21. The Balaban J connectivity index is 1.55. The number of hydrogen-bond donors (Lipinski definition) is 4. The first kappa shape index (κ1) is 20.0. The number of nitrogens with zero attached hydrogens (tertiary/aromatic N) is 2. The Morgan fingerprint density at radius 1 is 1.27 bits per heavy atom. The first-order valence-electron chi connectivity index (χ1n) is 9.31. The van der Waals surface area contributed by atoms with Gasteiger partial charge in [-0.2, -0.15) is 0 Å². The minimum Gasteiger partial charge on any atom is -0.491 e. The van der Waals surface area contributed by atoms with Gasteiger partial charge in [-0.05, 0) is 23.8 Å². The molecule has 9 heteroatoms. The molecule has 1 atom stereocenters. The van der Waals surface area contributed by atoms with Crippen molar-refractivity contribution >= 4 is 33.4 Å². The minimum absolute atomic E-state index is 0.00155. The van der Waals surface area contributed by atoms with Crippen LogP contribution in [0.5, 0.6) is 5.75 Å². The number of thiazole rings is 1. The molecule has 1 amide bonds. The monoisotopic (exact) mass is 424 g/mol. The van der Waals surface area contributed by atoms with Crippen molar-refractivity contribution in [1.29, 1.82) is 0 Å². The Hall–Kier alpha value is -3.27. The molecule has 0 aliphatic rings. The van der Waals surface area contributed by atoms with E-state index in [2.05, 4.69) is 15.3 Å². The van der Waals surface area contributed by atoms with Gasteiger partial charge >= 0.3 is 0 Å². The van der Waals surface area contributed by atoms with Gasteiger partial charge in [0.15, 0.2) is 5.13 Å². The Morgan fingerprint density at radius 3 is 2.93 bits per heavy atom. The number of aromatic amines is 1. The molecule has 4 rings (SSSR count). The summed E-state index contributed by atoms with van der Waals surface area (Å²) in [7, 11) is 0. The molecule has 154 valence electrons. The van der Waals surface area contributed by atoms with Crippen LogP contribution < -0.4 is 10.1 Å². The number of aromatic nitrogens is 3. The number of ether oxygens (including phenoxy) is 1. The van der Waals surface area contributed by atoms with Gasteiger partial charge in [0.05, 0.1) is 24.1 Å². The molecule has 0 saturated heterocycles. The summed E-state index contributed by atoms with van der Waals surface area (Å²) < 4.78 is 5.51. The maximum atomic E-state index is 12.4. The van der Waals surface area contributed by atoms with Crippen molar-refractivity contribution in [3.05, 3.63) is 59.6 Å². The third kappa shape index (κ3) is 4.65. The van der Waals surface area contributed by atoms with Crippen LogP contribution in [0.3, 0.4) is 0 Å². The number of fused-ring (bicyclic) bond motifs is 1. The number of carbonyl (C=O) groups excluding carboxylic acids is 1. The van der Waals surface area contributed by atoms with Crippen LogP contribution in [0.2, 0.25) is 0 Å². The maximum absolute atomic E-state index is 12.4. The van der Waals surface area contributed by atoms with Crippen molar-refractivity contribution in [3.63, 3.8) is 0 Å². The number of rotatable bonds is 8. The maximum Gasteiger partial charge on any atom is 0.230 e. The van der Waals surface area contributed by atoms with Crippen LogP contribution in [0, 0.1) is 0 Å². The molecule has 0 aliphatic heterocycles. The van der Waals surface area contributed by atoms with Crippen molar-refractivity contribution in [2.24, 2.45) is 0 Å². The number of hydrogen-bond acceptors (Lipinski definition) is 7. The number of nitrogens with one attached hydrogen (secondary N) is 2. The Kier molecular flexibility index (Phi) is 6.03. The summed E-state index contributed by atoms with van der Waals surface area (Å²) >= 11 is 1.37. The van der Waals surface area contributed by atoms with Crippen molar-refractivity contribution in [3.8, 4) is 17.1 Å². The quantitative estimate of drug-likeness (QED) is 0.345. The van der Waals surface area contributed by atoms with Crippen molar-refractivity contribution in [2.75, 3.05) is 18.5 Å². The molecule has 2 aromatic heterocycles. The fourth-order valence-corrected chi connectivity index (χ4v) is 3.52. The standard InChI is InChI=1S/C21H20N4O4S/c26-11-15(27)12-29-16-5-1-4-14(9-16)20-23-17-6-2-3-13(19(17)25-20)10-18(28)24-21-22-7-8-30-21/h1-9,15,26-27H,10-12H2,(H,23,25)(H,22,24,28). The highest BCUT2D eigenvalue weighted by Gasteiger charge is 2.13. The highest BCUT2D eigenvalue weighted by molar-refractivity contribution is 7.13. The average molecular weight is 424 g/mol. The van der Waals surface area contributed by atoms with Gasteiger partial charge in [-0.3, -0.25) is 4.79 Å². The van der Waals surface area contributed by atoms with E-state index >= 15 is 0 Å². The number of carbonyl (C=O) groups is 1. The molecule has 1 unspecified atom stereocenters. The van der Waals surface area contributed by atoms with Crippen LogP contribution in [0.25, 0.3) is 22.4 Å². The van der Waals surface area contributed by atoms with Crippen molar-refractivity contribution in [1.82, 2.24) is 15.0 Å². The van der Waals surface area contributed by atoms with E-state index in [1.807, 2.05) is 30.3 Å². The van der Waals surface area contributed by atoms with E-state index in [1.165, 1.54) is 11.3 Å². The highest BCUT2D eigenvalue weighted by Crippen LogP contribution is 2.26. The van der Waals surface area contributed by atoms with Gasteiger partial charge in [0.1, 0.15) is 24.3 Å². The molecule has 4 N–H and O–H groups in total. The second-order valence-corrected chi connectivity index (χ2v) is 7.53. The number of imidazole rings is 1. The Bertz CT molecular complexity index is 1140. The van der Waals surface area contributed by atoms with Gasteiger partial charge in [0.25, 0.3) is 0 Å². The number of aliphatic hydroxyl groups is 2. The summed E-state index contributed by atoms with van der Waals surface area (Å²) in [6.07, 6.45) is 0.894. The van der Waals surface area contributed by atoms with E-state index in [0.717, 1.165) is 22.2 Å². The van der Waals surface area contributed by atoms with Crippen LogP contribution in [0.1, 0.15) is 5.56 Å². The number of H-pyrrole nitrogens is 1. The molecular formula is C21H20N4O4S. The lowest BCUT2D eigenvalue weighted by Gasteiger charge is -2.10. The second-order valence-electron chi connectivity index (χ2n) is 6.64. The van der Waals surface area contributed by atoms with Crippen LogP contribution in [-0.2, 0) is 11.2 Å². The van der Waals surface area contributed by atoms with Crippen molar-refractivity contribution < 1.29 is 19.7 Å². The minimum atomic E-state index is -0.932. The molecule has 8 nitrogen and oxygen atoms in total. The first-order chi connectivity index (χ1) is 14.6. The topological polar surface area (TPSA) is 120 Å². The molecule has 0 fully saturated rings. The van der Waals surface area contributed by atoms with Crippen LogP contribution >= 0.6 is 11.3 Å². The number of amides is 1. The van der Waals surface area contributed by atoms with Gasteiger partial charge in [0.2, 0.25) is 5.91 Å². The van der Waals surface area contributed by atoms with E-state index in [0.29, 0.717) is 16.7 Å². The summed E-state index contributed by atoms with van der Waals surface area (Å²) in [5.41, 5.74) is 3.17. The molecule has 0 bridgehead atoms. The predicted molar refractivity (Wildman–Crippen MR) is 115 cm³/mol. The number of aliphatic hydroxyl groups excluding tert-OH is 2. The van der Waals surface area contributed by atoms with E-state index in [4.69, 9.17) is 14.8 Å². The zero-order chi connectivity index (χ0) is 20.9. The largest absolute Gasteiger partial charge is 0.491 e. The molecular weight excluding hydrogens is 404 g/mol. The lowest BCUT2D eigenvalue weighted by atomic mass is 10.1. The number of para-hydroxylation sites is 1. The van der Waals surface area contributed by atoms with Gasteiger partial charge in [0, 0.05) is 17.1 Å². The number of anilines is 1. The highest BCUT2D eigenvalue weighted by atomic mass is 32.1. The summed E-state index contributed by atoms with van der Waals surface area (Å²) in [4.78, 5) is 24.4. The summed E-state index contributed by atoms with van der Waals surface area (Å²) in [6, 6.07) is 13.0. The van der Waals surface area contributed by atoms with E-state index in [-0.39, 0.29) is 25.5 Å². The summed E-state index contributed by atoms with van der Waals surface area (Å²) in [5, 5.41) is 23.5. The van der Waals surface area contributed by atoms with Gasteiger partial charge in [-0.1, -0.05) is 24.3 Å². The zero-order valence-corrected chi connectivity index (χ0v) is 16.7. The average Bonchev–Trinajstić information content (AvgIpc) is 3.42. The first-order valence-corrected chi connectivity index (χ1v) is 10.2. The summed E-state index contributed by atoms with van der Waals surface area (Å²) in [6.45, 7) is -0.361. The molecule has 0 aliphatic carbocycles. The molecule has 0 radical (unpaired) electrons. The molecule has 0 saturated carbocycles. The van der Waals surface area contributed by atoms with E-state index in [9.17, 15) is 9.90 Å². The van der Waals surface area contributed by atoms with Crippen LogP contribution in [-0.4, -0.2) is 50.4 Å². The molecule has 2 aromatic carbocycles. The number of benzene rings is 2. The third-order valence-corrected chi connectivity index (χ3v) is 5.08.